The van der Waals surface area contributed by atoms with Gasteiger partial charge in [0.05, 0.1) is 17.8 Å². The van der Waals surface area contributed by atoms with Crippen molar-refractivity contribution < 1.29 is 30.1 Å². The summed E-state index contributed by atoms with van der Waals surface area (Å²) in [5.41, 5.74) is 0.623. The van der Waals surface area contributed by atoms with Gasteiger partial charge in [-0.15, -0.1) is 0 Å². The quantitative estimate of drug-likeness (QED) is 0.580. The molecule has 0 bridgehead atoms. The van der Waals surface area contributed by atoms with Gasteiger partial charge in [0.15, 0.2) is 0 Å². The molecule has 7 nitrogen and oxygen atoms in total. The van der Waals surface area contributed by atoms with Gasteiger partial charge in [-0.3, -0.25) is 0 Å². The van der Waals surface area contributed by atoms with Gasteiger partial charge in [0.25, 0.3) is 0 Å². The van der Waals surface area contributed by atoms with Crippen LogP contribution in [-0.4, -0.2) is 47.7 Å². The van der Waals surface area contributed by atoms with Gasteiger partial charge in [-0.2, -0.15) is 12.7 Å². The Hall–Kier alpha value is -2.01. The molecule has 2 aromatic rings. The molecular formula is C17H20FNO6S2. The number of hydrogen-bond donors (Lipinski definition) is 0. The predicted molar refractivity (Wildman–Crippen MR) is 97.8 cm³/mol. The Morgan fingerprint density at radius 2 is 1.56 bits per heavy atom. The highest BCUT2D eigenvalue weighted by Crippen LogP contribution is 2.20. The zero-order valence-electron chi connectivity index (χ0n) is 14.8. The van der Waals surface area contributed by atoms with Crippen LogP contribution in [0.1, 0.15) is 5.56 Å². The van der Waals surface area contributed by atoms with E-state index in [2.05, 4.69) is 0 Å². The van der Waals surface area contributed by atoms with Crippen LogP contribution in [0.15, 0.2) is 53.4 Å². The molecule has 27 heavy (non-hydrogen) atoms. The second-order valence-corrected chi connectivity index (χ2v) is 9.23. The lowest BCUT2D eigenvalue weighted by Gasteiger charge is -2.22. The maximum Gasteiger partial charge on any atom is 0.306 e. The number of nitrogens with zero attached hydrogens (tertiary/aromatic N) is 1. The lowest BCUT2D eigenvalue weighted by atomic mass is 10.2. The van der Waals surface area contributed by atoms with Crippen LogP contribution in [0, 0.1) is 5.82 Å². The first-order chi connectivity index (χ1) is 12.6. The topological polar surface area (TPSA) is 90.0 Å². The van der Waals surface area contributed by atoms with E-state index in [-0.39, 0.29) is 30.3 Å². The number of hydrogen-bond acceptors (Lipinski definition) is 6. The van der Waals surface area contributed by atoms with Gasteiger partial charge in [-0.05, 0) is 42.0 Å². The largest absolute Gasteiger partial charge is 0.383 e. The second-order valence-electron chi connectivity index (χ2n) is 5.72. The molecule has 0 heterocycles. The minimum absolute atomic E-state index is 0.0300. The van der Waals surface area contributed by atoms with Crippen molar-refractivity contribution in [3.8, 4) is 5.75 Å². The third kappa shape index (κ3) is 6.28. The van der Waals surface area contributed by atoms with Crippen LogP contribution < -0.4 is 4.18 Å². The lowest BCUT2D eigenvalue weighted by molar-refractivity contribution is 0.177. The van der Waals surface area contributed by atoms with Gasteiger partial charge in [-0.25, -0.2) is 12.8 Å². The summed E-state index contributed by atoms with van der Waals surface area (Å²) in [7, 11) is -6.05. The molecule has 0 saturated carbocycles. The Labute approximate surface area is 158 Å². The van der Waals surface area contributed by atoms with Crippen molar-refractivity contribution in [1.29, 1.82) is 0 Å². The summed E-state index contributed by atoms with van der Waals surface area (Å²) in [4.78, 5) is -0.0305. The minimum Gasteiger partial charge on any atom is -0.383 e. The van der Waals surface area contributed by atoms with Gasteiger partial charge in [0.2, 0.25) is 10.0 Å². The van der Waals surface area contributed by atoms with E-state index in [9.17, 15) is 21.2 Å². The first-order valence-electron chi connectivity index (χ1n) is 7.85. The fourth-order valence-electron chi connectivity index (χ4n) is 2.26. The van der Waals surface area contributed by atoms with Crippen LogP contribution in [0.3, 0.4) is 0 Å². The molecular weight excluding hydrogens is 397 g/mol. The monoisotopic (exact) mass is 417 g/mol. The molecule has 0 radical (unpaired) electrons. The molecule has 148 valence electrons. The van der Waals surface area contributed by atoms with E-state index in [4.69, 9.17) is 8.92 Å². The zero-order chi connectivity index (χ0) is 20.1. The van der Waals surface area contributed by atoms with E-state index in [1.54, 1.807) is 12.1 Å². The fraction of sp³-hybridized carbons (Fsp3) is 0.294. The van der Waals surface area contributed by atoms with Crippen molar-refractivity contribution in [3.63, 3.8) is 0 Å². The highest BCUT2D eigenvalue weighted by atomic mass is 32.2. The molecule has 0 unspecified atom stereocenters. The van der Waals surface area contributed by atoms with Crippen LogP contribution in [-0.2, 0) is 31.4 Å². The van der Waals surface area contributed by atoms with Gasteiger partial charge in [0.1, 0.15) is 11.6 Å². The van der Waals surface area contributed by atoms with Gasteiger partial charge < -0.3 is 8.92 Å². The van der Waals surface area contributed by atoms with Crippen molar-refractivity contribution in [3.05, 3.63) is 59.9 Å². The molecule has 0 aromatic heterocycles. The molecule has 0 fully saturated rings. The number of halogens is 1. The van der Waals surface area contributed by atoms with E-state index < -0.39 is 26.0 Å². The van der Waals surface area contributed by atoms with Crippen LogP contribution in [0.5, 0.6) is 5.75 Å². The molecule has 2 rings (SSSR count). The number of benzene rings is 2. The number of ether oxygens (including phenoxy) is 1. The Kier molecular flexibility index (Phi) is 6.93. The summed E-state index contributed by atoms with van der Waals surface area (Å²) >= 11 is 0. The van der Waals surface area contributed by atoms with Crippen LogP contribution >= 0.6 is 0 Å². The summed E-state index contributed by atoms with van der Waals surface area (Å²) in [5, 5.41) is 0. The first-order valence-corrected chi connectivity index (χ1v) is 11.1. The van der Waals surface area contributed by atoms with E-state index in [0.717, 1.165) is 18.4 Å². The Morgan fingerprint density at radius 1 is 0.963 bits per heavy atom. The van der Waals surface area contributed by atoms with Crippen LogP contribution in [0.4, 0.5) is 4.39 Å². The molecule has 0 spiro atoms. The van der Waals surface area contributed by atoms with Crippen LogP contribution in [0.25, 0.3) is 0 Å². The smallest absolute Gasteiger partial charge is 0.306 e. The van der Waals surface area contributed by atoms with Crippen LogP contribution in [0.2, 0.25) is 0 Å². The summed E-state index contributed by atoms with van der Waals surface area (Å²) < 4.78 is 72.0. The predicted octanol–water partition coefficient (Wildman–Crippen LogP) is 2.00. The molecule has 2 aromatic carbocycles. The zero-order valence-corrected chi connectivity index (χ0v) is 16.5. The summed E-state index contributed by atoms with van der Waals surface area (Å²) in [6.07, 6.45) is 0.933. The highest BCUT2D eigenvalue weighted by Gasteiger charge is 2.24. The van der Waals surface area contributed by atoms with Gasteiger partial charge in [0, 0.05) is 20.2 Å². The number of sulfonamides is 1. The summed E-state index contributed by atoms with van der Waals surface area (Å²) in [6, 6.07) is 10.6. The third-order valence-corrected chi connectivity index (χ3v) is 5.88. The third-order valence-electron chi connectivity index (χ3n) is 3.53. The fourth-order valence-corrected chi connectivity index (χ4v) is 4.13. The molecule has 10 heteroatoms. The minimum atomic E-state index is -3.87. The molecule has 0 saturated heterocycles. The standard InChI is InChI=1S/C17H20FNO6S2/c1-24-12-11-19(27(22,23)17-9-5-15(18)6-10-17)13-14-3-7-16(8-4-14)25-26(2,20)21/h3-10H,11-13H2,1-2H3. The van der Waals surface area contributed by atoms with Crippen molar-refractivity contribution in [2.75, 3.05) is 26.5 Å². The normalized spacial score (nSPS) is 12.3. The number of rotatable bonds is 9. The van der Waals surface area contributed by atoms with Crippen molar-refractivity contribution in [2.24, 2.45) is 0 Å². The molecule has 0 N–H and O–H groups in total. The van der Waals surface area contributed by atoms with Crippen molar-refractivity contribution in [2.45, 2.75) is 11.4 Å². The van der Waals surface area contributed by atoms with Crippen molar-refractivity contribution in [1.82, 2.24) is 4.31 Å². The Bertz CT molecular complexity index is 957. The van der Waals surface area contributed by atoms with E-state index in [0.29, 0.717) is 5.56 Å². The van der Waals surface area contributed by atoms with E-state index >= 15 is 0 Å². The summed E-state index contributed by atoms with van der Waals surface area (Å²) in [5.74, 6) is -0.398. The Balaban J connectivity index is 2.24. The first kappa shape index (κ1) is 21.3. The van der Waals surface area contributed by atoms with Gasteiger partial charge in [-0.1, -0.05) is 12.1 Å². The molecule has 0 atom stereocenters. The second kappa shape index (κ2) is 8.79. The SMILES string of the molecule is COCCN(Cc1ccc(OS(C)(=O)=O)cc1)S(=O)(=O)c1ccc(F)cc1. The lowest BCUT2D eigenvalue weighted by Crippen LogP contribution is -2.33. The highest BCUT2D eigenvalue weighted by molar-refractivity contribution is 7.89. The van der Waals surface area contributed by atoms with Gasteiger partial charge >= 0.3 is 10.1 Å². The molecule has 0 amide bonds. The molecule has 0 aliphatic rings. The molecule has 0 aliphatic carbocycles. The molecule has 0 aliphatic heterocycles. The Morgan fingerprint density at radius 3 is 2.07 bits per heavy atom. The van der Waals surface area contributed by atoms with Crippen molar-refractivity contribution >= 4 is 20.1 Å². The van der Waals surface area contributed by atoms with E-state index in [1.165, 1.54) is 35.7 Å². The maximum atomic E-state index is 13.1. The average Bonchev–Trinajstić information content (AvgIpc) is 2.59. The maximum absolute atomic E-state index is 13.1. The number of methoxy groups -OCH3 is 1. The summed E-state index contributed by atoms with van der Waals surface area (Å²) in [6.45, 7) is 0.301. The average molecular weight is 417 g/mol. The van der Waals surface area contributed by atoms with E-state index in [1.807, 2.05) is 0 Å².